The van der Waals surface area contributed by atoms with E-state index in [2.05, 4.69) is 22.0 Å². The molecule has 0 fully saturated rings. The first-order chi connectivity index (χ1) is 12.5. The van der Waals surface area contributed by atoms with Crippen LogP contribution in [0.2, 0.25) is 0 Å². The molecule has 3 rings (SSSR count). The number of nitrogens with zero attached hydrogens (tertiary/aromatic N) is 2. The van der Waals surface area contributed by atoms with Gasteiger partial charge in [-0.3, -0.25) is 9.69 Å². The Bertz CT molecular complexity index is 990. The van der Waals surface area contributed by atoms with E-state index in [9.17, 15) is 9.59 Å². The zero-order valence-electron chi connectivity index (χ0n) is 14.8. The molecule has 26 heavy (non-hydrogen) atoms. The van der Waals surface area contributed by atoms with Gasteiger partial charge in [-0.1, -0.05) is 6.07 Å². The Morgan fingerprint density at radius 3 is 2.92 bits per heavy atom. The summed E-state index contributed by atoms with van der Waals surface area (Å²) in [5, 5.41) is 0.992. The fourth-order valence-electron chi connectivity index (χ4n) is 2.87. The summed E-state index contributed by atoms with van der Waals surface area (Å²) in [6.45, 7) is 2.33. The summed E-state index contributed by atoms with van der Waals surface area (Å²) < 4.78 is 5.94. The smallest absolute Gasteiger partial charge is 0.325 e. The van der Waals surface area contributed by atoms with Crippen molar-refractivity contribution in [2.75, 3.05) is 27.3 Å². The van der Waals surface area contributed by atoms with Crippen LogP contribution in [0.5, 0.6) is 0 Å². The molecule has 0 bridgehead atoms. The minimum Gasteiger partial charge on any atom is -0.383 e. The van der Waals surface area contributed by atoms with E-state index in [1.54, 1.807) is 13.2 Å². The molecule has 0 aliphatic heterocycles. The third-order valence-corrected chi connectivity index (χ3v) is 4.22. The van der Waals surface area contributed by atoms with Gasteiger partial charge in [-0.2, -0.15) is 0 Å². The Kier molecular flexibility index (Phi) is 5.20. The van der Waals surface area contributed by atoms with Gasteiger partial charge in [0.1, 0.15) is 0 Å². The Balaban J connectivity index is 1.92. The molecule has 0 saturated heterocycles. The fraction of sp³-hybridized carbons (Fsp3) is 0.263. The van der Waals surface area contributed by atoms with Crippen LogP contribution in [0.3, 0.4) is 0 Å². The van der Waals surface area contributed by atoms with E-state index in [4.69, 9.17) is 10.5 Å². The second kappa shape index (κ2) is 7.55. The number of nitrogens with one attached hydrogen (secondary N) is 1. The topological polar surface area (TPSA) is 93.3 Å². The van der Waals surface area contributed by atoms with Crippen molar-refractivity contribution in [2.45, 2.75) is 6.54 Å². The number of likely N-dealkylation sites (N-methyl/N-ethyl adjacent to an activating group) is 1. The number of carbonyl (C=O) groups is 1. The van der Waals surface area contributed by atoms with Gasteiger partial charge in [0, 0.05) is 43.4 Å². The van der Waals surface area contributed by atoms with Gasteiger partial charge in [0.2, 0.25) is 0 Å². The number of rotatable bonds is 6. The van der Waals surface area contributed by atoms with Gasteiger partial charge in [0.05, 0.1) is 17.9 Å². The molecule has 3 aromatic rings. The quantitative estimate of drug-likeness (QED) is 0.707. The molecule has 1 amide bonds. The van der Waals surface area contributed by atoms with Gasteiger partial charge in [0.25, 0.3) is 5.56 Å². The lowest BCUT2D eigenvalue weighted by molar-refractivity contribution is 0.158. The fourth-order valence-corrected chi connectivity index (χ4v) is 2.87. The molecular formula is C19H21N4O3. The second-order valence-corrected chi connectivity index (χ2v) is 6.20. The number of aromatic nitrogens is 2. The van der Waals surface area contributed by atoms with E-state index in [1.165, 1.54) is 6.20 Å². The average Bonchev–Trinajstić information content (AvgIpc) is 3.02. The highest BCUT2D eigenvalue weighted by molar-refractivity contribution is 5.86. The molecule has 0 saturated carbocycles. The van der Waals surface area contributed by atoms with Gasteiger partial charge < -0.3 is 15.5 Å². The summed E-state index contributed by atoms with van der Waals surface area (Å²) in [7, 11) is 3.73. The van der Waals surface area contributed by atoms with Crippen molar-refractivity contribution in [3.63, 3.8) is 0 Å². The number of primary amides is 1. The highest BCUT2D eigenvalue weighted by Gasteiger charge is 2.12. The number of amides is 1. The molecule has 0 spiro atoms. The Morgan fingerprint density at radius 2 is 2.19 bits per heavy atom. The number of pyridine rings is 1. The highest BCUT2D eigenvalue weighted by atomic mass is 16.5. The minimum absolute atomic E-state index is 0.348. The Labute approximate surface area is 151 Å². The van der Waals surface area contributed by atoms with Gasteiger partial charge in [0.15, 0.2) is 0 Å². The number of aromatic amines is 1. The van der Waals surface area contributed by atoms with Crippen molar-refractivity contribution >= 4 is 16.9 Å². The standard InChI is InChI=1S/C19H21N4O3/c1-22(8-9-26-2)12-13-5-6-16-14(10-13)11-17(21-16)15-4-3-7-23(18(15)24)19(20)25/h4-7,10-11,21H,8-9,12H2,1-2H3,(H2,20,25). The second-order valence-electron chi connectivity index (χ2n) is 6.20. The Morgan fingerprint density at radius 1 is 1.38 bits per heavy atom. The summed E-state index contributed by atoms with van der Waals surface area (Å²) >= 11 is 0. The van der Waals surface area contributed by atoms with Crippen LogP contribution in [0.15, 0.2) is 41.3 Å². The van der Waals surface area contributed by atoms with Crippen LogP contribution in [0, 0.1) is 6.07 Å². The van der Waals surface area contributed by atoms with Gasteiger partial charge in [-0.05, 0) is 36.9 Å². The maximum Gasteiger partial charge on any atom is 0.325 e. The van der Waals surface area contributed by atoms with Crippen LogP contribution in [0.4, 0.5) is 4.79 Å². The van der Waals surface area contributed by atoms with E-state index in [0.29, 0.717) is 17.9 Å². The van der Waals surface area contributed by atoms with Crippen LogP contribution >= 0.6 is 0 Å². The van der Waals surface area contributed by atoms with Crippen LogP contribution < -0.4 is 11.3 Å². The largest absolute Gasteiger partial charge is 0.383 e. The molecule has 1 radical (unpaired) electrons. The molecule has 3 N–H and O–H groups in total. The monoisotopic (exact) mass is 353 g/mol. The highest BCUT2D eigenvalue weighted by Crippen LogP contribution is 2.23. The van der Waals surface area contributed by atoms with Crippen molar-refractivity contribution in [3.8, 4) is 11.3 Å². The molecule has 135 valence electrons. The molecule has 1 aromatic carbocycles. The summed E-state index contributed by atoms with van der Waals surface area (Å²) in [6.07, 6.45) is 1.24. The number of H-pyrrole nitrogens is 1. The lowest BCUT2D eigenvalue weighted by Gasteiger charge is -2.15. The zero-order chi connectivity index (χ0) is 18.7. The lowest BCUT2D eigenvalue weighted by Crippen LogP contribution is -2.31. The molecule has 0 atom stereocenters. The molecule has 2 aromatic heterocycles. The van der Waals surface area contributed by atoms with Crippen LogP contribution in [-0.4, -0.2) is 47.8 Å². The maximum absolute atomic E-state index is 12.4. The van der Waals surface area contributed by atoms with Gasteiger partial charge in [-0.25, -0.2) is 9.36 Å². The summed E-state index contributed by atoms with van der Waals surface area (Å²) in [6, 6.07) is 11.5. The molecule has 7 heteroatoms. The minimum atomic E-state index is -0.828. The van der Waals surface area contributed by atoms with Crippen LogP contribution in [0.25, 0.3) is 22.2 Å². The number of carbonyl (C=O) groups excluding carboxylic acids is 1. The molecule has 2 heterocycles. The third-order valence-electron chi connectivity index (χ3n) is 4.22. The summed E-state index contributed by atoms with van der Waals surface area (Å²) in [5.74, 6) is 0. The van der Waals surface area contributed by atoms with Crippen molar-refractivity contribution in [1.82, 2.24) is 14.5 Å². The molecule has 0 aliphatic rings. The van der Waals surface area contributed by atoms with Crippen molar-refractivity contribution in [1.29, 1.82) is 0 Å². The molecule has 7 nitrogen and oxygen atoms in total. The summed E-state index contributed by atoms with van der Waals surface area (Å²) in [4.78, 5) is 29.1. The van der Waals surface area contributed by atoms with Crippen molar-refractivity contribution in [2.24, 2.45) is 5.73 Å². The number of hydrogen-bond donors (Lipinski definition) is 2. The van der Waals surface area contributed by atoms with E-state index in [1.807, 2.05) is 25.2 Å². The van der Waals surface area contributed by atoms with Gasteiger partial charge >= 0.3 is 6.03 Å². The normalized spacial score (nSPS) is 11.3. The number of methoxy groups -OCH3 is 1. The average molecular weight is 353 g/mol. The number of benzene rings is 1. The van der Waals surface area contributed by atoms with Crippen LogP contribution in [-0.2, 0) is 11.3 Å². The lowest BCUT2D eigenvalue weighted by atomic mass is 10.1. The van der Waals surface area contributed by atoms with E-state index in [-0.39, 0.29) is 0 Å². The Hall–Kier alpha value is -2.90. The number of fused-ring (bicyclic) bond motifs is 1. The number of nitrogens with two attached hydrogens (primary N) is 1. The van der Waals surface area contributed by atoms with E-state index >= 15 is 0 Å². The number of hydrogen-bond acceptors (Lipinski definition) is 4. The third kappa shape index (κ3) is 3.68. The number of ether oxygens (including phenoxy) is 1. The van der Waals surface area contributed by atoms with Crippen molar-refractivity contribution < 1.29 is 9.53 Å². The van der Waals surface area contributed by atoms with Crippen molar-refractivity contribution in [3.05, 3.63) is 58.5 Å². The molecule has 0 aliphatic carbocycles. The first-order valence-corrected chi connectivity index (χ1v) is 8.21. The summed E-state index contributed by atoms with van der Waals surface area (Å²) in [5.41, 5.74) is 7.80. The van der Waals surface area contributed by atoms with Gasteiger partial charge in [-0.15, -0.1) is 0 Å². The van der Waals surface area contributed by atoms with E-state index < -0.39 is 11.6 Å². The maximum atomic E-state index is 12.4. The van der Waals surface area contributed by atoms with E-state index in [0.717, 1.165) is 34.1 Å². The molecule has 0 unspecified atom stereocenters. The zero-order valence-corrected chi connectivity index (χ0v) is 14.8. The SMILES string of the molecule is COCCN(C)Cc1ccc2[nH]c(-c3c[c]cn(C(N)=O)c3=O)cc2c1. The van der Waals surface area contributed by atoms with Crippen LogP contribution in [0.1, 0.15) is 5.56 Å². The molecular weight excluding hydrogens is 332 g/mol. The predicted molar refractivity (Wildman–Crippen MR) is 100 cm³/mol. The first kappa shape index (κ1) is 17.9. The first-order valence-electron chi connectivity index (χ1n) is 8.21. The predicted octanol–water partition coefficient (Wildman–Crippen LogP) is 1.80.